The van der Waals surface area contributed by atoms with Gasteiger partial charge in [0, 0.05) is 11.5 Å². The Morgan fingerprint density at radius 3 is 2.65 bits per heavy atom. The zero-order valence-corrected chi connectivity index (χ0v) is 11.1. The lowest BCUT2D eigenvalue weighted by molar-refractivity contribution is 0.0930. The van der Waals surface area contributed by atoms with Crippen LogP contribution in [-0.4, -0.2) is 12.9 Å². The number of fused-ring (bicyclic) bond motifs is 1. The molecule has 92 valence electrons. The van der Waals surface area contributed by atoms with Gasteiger partial charge in [0.05, 0.1) is 7.11 Å². The Hall–Kier alpha value is -1.31. The van der Waals surface area contributed by atoms with E-state index in [2.05, 4.69) is 6.92 Å². The standard InChI is InChI=1S/C15H20O2/c1-5-6-11-7-12-8-13(17-4)9(2)10(3)14(12)15(11)16/h8,11H,5-7H2,1-4H3. The quantitative estimate of drug-likeness (QED) is 0.797. The maximum absolute atomic E-state index is 12.3. The predicted octanol–water partition coefficient (Wildman–Crippen LogP) is 3.47. The number of ketones is 1. The molecule has 1 unspecified atom stereocenters. The number of carbonyl (C=O) groups is 1. The van der Waals surface area contributed by atoms with Gasteiger partial charge in [0.1, 0.15) is 5.75 Å². The van der Waals surface area contributed by atoms with Crippen molar-refractivity contribution in [1.29, 1.82) is 0 Å². The summed E-state index contributed by atoms with van der Waals surface area (Å²) in [7, 11) is 1.69. The first-order valence-corrected chi connectivity index (χ1v) is 6.31. The number of ether oxygens (including phenoxy) is 1. The molecule has 1 aromatic carbocycles. The molecule has 2 nitrogen and oxygen atoms in total. The van der Waals surface area contributed by atoms with Crippen LogP contribution in [0.3, 0.4) is 0 Å². The molecule has 1 atom stereocenters. The molecule has 2 rings (SSSR count). The zero-order chi connectivity index (χ0) is 12.6. The van der Waals surface area contributed by atoms with Gasteiger partial charge in [0.25, 0.3) is 0 Å². The van der Waals surface area contributed by atoms with Gasteiger partial charge >= 0.3 is 0 Å². The average Bonchev–Trinajstić information content (AvgIpc) is 2.62. The summed E-state index contributed by atoms with van der Waals surface area (Å²) in [6.45, 7) is 6.19. The lowest BCUT2D eigenvalue weighted by atomic mass is 9.96. The first-order valence-electron chi connectivity index (χ1n) is 6.31. The Morgan fingerprint density at radius 2 is 2.06 bits per heavy atom. The molecular weight excluding hydrogens is 212 g/mol. The van der Waals surface area contributed by atoms with Gasteiger partial charge in [-0.2, -0.15) is 0 Å². The van der Waals surface area contributed by atoms with Crippen LogP contribution in [0.5, 0.6) is 5.75 Å². The van der Waals surface area contributed by atoms with E-state index in [4.69, 9.17) is 4.74 Å². The van der Waals surface area contributed by atoms with E-state index in [0.29, 0.717) is 5.78 Å². The first kappa shape index (κ1) is 12.2. The maximum Gasteiger partial charge on any atom is 0.166 e. The highest BCUT2D eigenvalue weighted by Gasteiger charge is 2.32. The molecule has 0 saturated heterocycles. The topological polar surface area (TPSA) is 26.3 Å². The van der Waals surface area contributed by atoms with Crippen molar-refractivity contribution in [2.45, 2.75) is 40.0 Å². The molecule has 0 amide bonds. The van der Waals surface area contributed by atoms with Gasteiger partial charge in [-0.25, -0.2) is 0 Å². The van der Waals surface area contributed by atoms with Crippen LogP contribution in [0.15, 0.2) is 6.07 Å². The van der Waals surface area contributed by atoms with Crippen molar-refractivity contribution in [3.8, 4) is 5.75 Å². The number of hydrogen-bond donors (Lipinski definition) is 0. The van der Waals surface area contributed by atoms with Crippen LogP contribution in [-0.2, 0) is 6.42 Å². The molecule has 0 fully saturated rings. The van der Waals surface area contributed by atoms with Crippen molar-refractivity contribution in [2.75, 3.05) is 7.11 Å². The molecule has 0 saturated carbocycles. The van der Waals surface area contributed by atoms with Crippen molar-refractivity contribution in [3.63, 3.8) is 0 Å². The zero-order valence-electron chi connectivity index (χ0n) is 11.1. The van der Waals surface area contributed by atoms with Crippen molar-refractivity contribution in [3.05, 3.63) is 28.3 Å². The van der Waals surface area contributed by atoms with E-state index in [1.54, 1.807) is 7.11 Å². The van der Waals surface area contributed by atoms with E-state index in [1.807, 2.05) is 19.9 Å². The summed E-state index contributed by atoms with van der Waals surface area (Å²) in [5, 5.41) is 0. The highest BCUT2D eigenvalue weighted by atomic mass is 16.5. The lowest BCUT2D eigenvalue weighted by Crippen LogP contribution is -2.09. The molecule has 0 radical (unpaired) electrons. The SMILES string of the molecule is CCCC1Cc2cc(OC)c(C)c(C)c2C1=O. The summed E-state index contributed by atoms with van der Waals surface area (Å²) in [6.07, 6.45) is 2.95. The van der Waals surface area contributed by atoms with Crippen LogP contribution >= 0.6 is 0 Å². The van der Waals surface area contributed by atoms with Crippen molar-refractivity contribution < 1.29 is 9.53 Å². The third kappa shape index (κ3) is 1.86. The van der Waals surface area contributed by atoms with Crippen LogP contribution in [0.4, 0.5) is 0 Å². The molecule has 0 heterocycles. The Labute approximate surface area is 103 Å². The molecule has 2 heteroatoms. The fraction of sp³-hybridized carbons (Fsp3) is 0.533. The summed E-state index contributed by atoms with van der Waals surface area (Å²) in [5.74, 6) is 1.44. The fourth-order valence-electron chi connectivity index (χ4n) is 2.81. The van der Waals surface area contributed by atoms with Gasteiger partial charge in [-0.05, 0) is 49.4 Å². The summed E-state index contributed by atoms with van der Waals surface area (Å²) >= 11 is 0. The number of rotatable bonds is 3. The van der Waals surface area contributed by atoms with Crippen molar-refractivity contribution >= 4 is 5.78 Å². The first-order chi connectivity index (χ1) is 8.10. The van der Waals surface area contributed by atoms with Gasteiger partial charge in [-0.15, -0.1) is 0 Å². The number of carbonyl (C=O) groups excluding carboxylic acids is 1. The van der Waals surface area contributed by atoms with Crippen LogP contribution < -0.4 is 4.74 Å². The van der Waals surface area contributed by atoms with E-state index in [0.717, 1.165) is 41.7 Å². The lowest BCUT2D eigenvalue weighted by Gasteiger charge is -2.11. The number of benzene rings is 1. The Bertz CT molecular complexity index is 460. The highest BCUT2D eigenvalue weighted by Crippen LogP contribution is 2.37. The van der Waals surface area contributed by atoms with Gasteiger partial charge in [-0.3, -0.25) is 4.79 Å². The van der Waals surface area contributed by atoms with Crippen LogP contribution in [0.1, 0.15) is 46.8 Å². The Kier molecular flexibility index (Phi) is 3.23. The van der Waals surface area contributed by atoms with E-state index in [1.165, 1.54) is 5.56 Å². The highest BCUT2D eigenvalue weighted by molar-refractivity contribution is 6.04. The van der Waals surface area contributed by atoms with Gasteiger partial charge < -0.3 is 4.74 Å². The third-order valence-electron chi connectivity index (χ3n) is 3.87. The van der Waals surface area contributed by atoms with E-state index in [-0.39, 0.29) is 5.92 Å². The number of Topliss-reactive ketones (excluding diaryl/α,β-unsaturated/α-hetero) is 1. The summed E-state index contributed by atoms with van der Waals surface area (Å²) in [6, 6.07) is 2.05. The monoisotopic (exact) mass is 232 g/mol. The molecule has 1 aliphatic carbocycles. The van der Waals surface area contributed by atoms with Crippen molar-refractivity contribution in [1.82, 2.24) is 0 Å². The minimum Gasteiger partial charge on any atom is -0.496 e. The molecule has 0 spiro atoms. The predicted molar refractivity (Wildman–Crippen MR) is 68.9 cm³/mol. The molecule has 0 aromatic heterocycles. The van der Waals surface area contributed by atoms with Crippen LogP contribution in [0, 0.1) is 19.8 Å². The average molecular weight is 232 g/mol. The Balaban J connectivity index is 2.48. The molecule has 1 aliphatic rings. The van der Waals surface area contributed by atoms with Crippen LogP contribution in [0.25, 0.3) is 0 Å². The molecule has 1 aromatic rings. The van der Waals surface area contributed by atoms with E-state index < -0.39 is 0 Å². The molecule has 0 N–H and O–H groups in total. The van der Waals surface area contributed by atoms with Crippen LogP contribution in [0.2, 0.25) is 0 Å². The Morgan fingerprint density at radius 1 is 1.35 bits per heavy atom. The minimum atomic E-state index is 0.195. The minimum absolute atomic E-state index is 0.195. The molecule has 0 bridgehead atoms. The van der Waals surface area contributed by atoms with E-state index in [9.17, 15) is 4.79 Å². The number of hydrogen-bond acceptors (Lipinski definition) is 2. The largest absolute Gasteiger partial charge is 0.496 e. The van der Waals surface area contributed by atoms with E-state index >= 15 is 0 Å². The molecule has 17 heavy (non-hydrogen) atoms. The normalized spacial score (nSPS) is 18.4. The molecular formula is C15H20O2. The third-order valence-corrected chi connectivity index (χ3v) is 3.87. The van der Waals surface area contributed by atoms with Gasteiger partial charge in [0.15, 0.2) is 5.78 Å². The smallest absolute Gasteiger partial charge is 0.166 e. The second-order valence-corrected chi connectivity index (χ2v) is 4.92. The second kappa shape index (κ2) is 4.52. The van der Waals surface area contributed by atoms with Gasteiger partial charge in [-0.1, -0.05) is 13.3 Å². The summed E-state index contributed by atoms with van der Waals surface area (Å²) in [4.78, 5) is 12.3. The number of methoxy groups -OCH3 is 1. The summed E-state index contributed by atoms with van der Waals surface area (Å²) in [5.41, 5.74) is 4.33. The summed E-state index contributed by atoms with van der Waals surface area (Å²) < 4.78 is 5.37. The van der Waals surface area contributed by atoms with Crippen molar-refractivity contribution in [2.24, 2.45) is 5.92 Å². The molecule has 0 aliphatic heterocycles. The fourth-order valence-corrected chi connectivity index (χ4v) is 2.81. The van der Waals surface area contributed by atoms with Gasteiger partial charge in [0.2, 0.25) is 0 Å². The maximum atomic E-state index is 12.3. The second-order valence-electron chi connectivity index (χ2n) is 4.92.